The summed E-state index contributed by atoms with van der Waals surface area (Å²) in [6.45, 7) is 1.61. The molecule has 1 aromatic carbocycles. The first-order chi connectivity index (χ1) is 8.38. The molecule has 2 aromatic rings. The minimum Gasteiger partial charge on any atom is -0.368 e. The maximum absolute atomic E-state index is 12.5. The molecule has 0 bridgehead atoms. The third-order valence-corrected chi connectivity index (χ3v) is 2.54. The summed E-state index contributed by atoms with van der Waals surface area (Å²) in [5, 5.41) is 0. The van der Waals surface area contributed by atoms with Crippen molar-refractivity contribution >= 4 is 5.95 Å². The number of anilines is 1. The van der Waals surface area contributed by atoms with Gasteiger partial charge >= 0.3 is 6.18 Å². The molecular weight excluding hydrogens is 243 g/mol. The molecule has 0 amide bonds. The number of nitrogens with two attached hydrogens (primary N) is 1. The maximum atomic E-state index is 12.5. The van der Waals surface area contributed by atoms with Crippen molar-refractivity contribution in [1.29, 1.82) is 0 Å². The molecule has 0 spiro atoms. The van der Waals surface area contributed by atoms with Crippen LogP contribution in [-0.2, 0) is 6.18 Å². The minimum atomic E-state index is -4.33. The molecule has 0 unspecified atom stereocenters. The Kier molecular flexibility index (Phi) is 2.94. The SMILES string of the molecule is Cc1cc(C(F)(F)F)ccc1-c1cnc(N)nc1. The van der Waals surface area contributed by atoms with Crippen molar-refractivity contribution in [3.63, 3.8) is 0 Å². The molecule has 2 N–H and O–H groups in total. The Morgan fingerprint density at radius 3 is 2.22 bits per heavy atom. The normalized spacial score (nSPS) is 11.6. The van der Waals surface area contributed by atoms with Crippen LogP contribution in [0.2, 0.25) is 0 Å². The Hall–Kier alpha value is -2.11. The minimum absolute atomic E-state index is 0.128. The van der Waals surface area contributed by atoms with Gasteiger partial charge in [-0.3, -0.25) is 0 Å². The molecule has 1 aromatic heterocycles. The lowest BCUT2D eigenvalue weighted by Crippen LogP contribution is -2.05. The number of alkyl halides is 3. The average Bonchev–Trinajstić information content (AvgIpc) is 2.29. The van der Waals surface area contributed by atoms with Crippen molar-refractivity contribution < 1.29 is 13.2 Å². The van der Waals surface area contributed by atoms with E-state index >= 15 is 0 Å². The van der Waals surface area contributed by atoms with Crippen LogP contribution in [0.5, 0.6) is 0 Å². The van der Waals surface area contributed by atoms with E-state index in [9.17, 15) is 13.2 Å². The summed E-state index contributed by atoms with van der Waals surface area (Å²) in [5.41, 5.74) is 6.49. The van der Waals surface area contributed by atoms with E-state index in [1.165, 1.54) is 18.5 Å². The maximum Gasteiger partial charge on any atom is 0.416 e. The quantitative estimate of drug-likeness (QED) is 0.849. The number of nitrogens with zero attached hydrogens (tertiary/aromatic N) is 2. The standard InChI is InChI=1S/C12H10F3N3/c1-7-4-9(12(13,14)15)2-3-10(7)8-5-17-11(16)18-6-8/h2-6H,1H3,(H2,16,17,18). The number of aryl methyl sites for hydroxylation is 1. The summed E-state index contributed by atoms with van der Waals surface area (Å²) >= 11 is 0. The lowest BCUT2D eigenvalue weighted by Gasteiger charge is -2.10. The van der Waals surface area contributed by atoms with Crippen LogP contribution in [-0.4, -0.2) is 9.97 Å². The monoisotopic (exact) mass is 253 g/mol. The molecule has 0 aliphatic heterocycles. The molecule has 0 fully saturated rings. The van der Waals surface area contributed by atoms with E-state index in [-0.39, 0.29) is 5.95 Å². The Labute approximate surface area is 101 Å². The fourth-order valence-corrected chi connectivity index (χ4v) is 1.64. The molecular formula is C12H10F3N3. The molecule has 18 heavy (non-hydrogen) atoms. The predicted octanol–water partition coefficient (Wildman–Crippen LogP) is 3.05. The highest BCUT2D eigenvalue weighted by Gasteiger charge is 2.30. The number of hydrogen-bond donors (Lipinski definition) is 1. The van der Waals surface area contributed by atoms with Crippen molar-refractivity contribution in [2.75, 3.05) is 5.73 Å². The molecule has 1 heterocycles. The molecule has 6 heteroatoms. The third kappa shape index (κ3) is 2.42. The van der Waals surface area contributed by atoms with Crippen LogP contribution in [0.3, 0.4) is 0 Å². The molecule has 0 aliphatic rings. The molecule has 94 valence electrons. The summed E-state index contributed by atoms with van der Waals surface area (Å²) in [6.07, 6.45) is -1.36. The van der Waals surface area contributed by atoms with E-state index in [0.717, 1.165) is 12.1 Å². The molecule has 0 saturated heterocycles. The summed E-state index contributed by atoms with van der Waals surface area (Å²) in [6, 6.07) is 3.55. The van der Waals surface area contributed by atoms with Gasteiger partial charge in [0.1, 0.15) is 0 Å². The molecule has 0 radical (unpaired) electrons. The fourth-order valence-electron chi connectivity index (χ4n) is 1.64. The zero-order valence-electron chi connectivity index (χ0n) is 9.49. The van der Waals surface area contributed by atoms with Crippen LogP contribution >= 0.6 is 0 Å². The lowest BCUT2D eigenvalue weighted by molar-refractivity contribution is -0.137. The van der Waals surface area contributed by atoms with Gasteiger partial charge in [-0.2, -0.15) is 13.2 Å². The first-order valence-electron chi connectivity index (χ1n) is 5.13. The number of nitrogen functional groups attached to an aromatic ring is 1. The van der Waals surface area contributed by atoms with Crippen molar-refractivity contribution in [2.45, 2.75) is 13.1 Å². The van der Waals surface area contributed by atoms with E-state index in [1.54, 1.807) is 6.92 Å². The van der Waals surface area contributed by atoms with Gasteiger partial charge in [-0.15, -0.1) is 0 Å². The fraction of sp³-hybridized carbons (Fsp3) is 0.167. The van der Waals surface area contributed by atoms with Crippen molar-refractivity contribution in [3.05, 3.63) is 41.7 Å². The Bertz CT molecular complexity index is 562. The largest absolute Gasteiger partial charge is 0.416 e. The molecule has 2 rings (SSSR count). The zero-order valence-corrected chi connectivity index (χ0v) is 9.49. The van der Waals surface area contributed by atoms with Crippen molar-refractivity contribution in [2.24, 2.45) is 0 Å². The Morgan fingerprint density at radius 1 is 1.11 bits per heavy atom. The topological polar surface area (TPSA) is 51.8 Å². The molecule has 0 saturated carbocycles. The van der Waals surface area contributed by atoms with E-state index in [0.29, 0.717) is 16.7 Å². The second-order valence-electron chi connectivity index (χ2n) is 3.86. The number of rotatable bonds is 1. The second kappa shape index (κ2) is 4.29. The van der Waals surface area contributed by atoms with Crippen LogP contribution in [0.4, 0.5) is 19.1 Å². The first-order valence-corrected chi connectivity index (χ1v) is 5.13. The van der Waals surface area contributed by atoms with Gasteiger partial charge in [-0.1, -0.05) is 6.07 Å². The van der Waals surface area contributed by atoms with Gasteiger partial charge in [0.25, 0.3) is 0 Å². The van der Waals surface area contributed by atoms with Crippen LogP contribution in [0.15, 0.2) is 30.6 Å². The summed E-state index contributed by atoms with van der Waals surface area (Å²) < 4.78 is 37.5. The Morgan fingerprint density at radius 2 is 1.72 bits per heavy atom. The van der Waals surface area contributed by atoms with E-state index < -0.39 is 11.7 Å². The highest BCUT2D eigenvalue weighted by Crippen LogP contribution is 2.32. The number of hydrogen-bond acceptors (Lipinski definition) is 3. The van der Waals surface area contributed by atoms with Crippen LogP contribution in [0, 0.1) is 6.92 Å². The van der Waals surface area contributed by atoms with Crippen LogP contribution in [0.1, 0.15) is 11.1 Å². The molecule has 0 atom stereocenters. The van der Waals surface area contributed by atoms with Crippen molar-refractivity contribution in [3.8, 4) is 11.1 Å². The highest BCUT2D eigenvalue weighted by molar-refractivity contribution is 5.66. The lowest BCUT2D eigenvalue weighted by atomic mass is 10.0. The van der Waals surface area contributed by atoms with Gasteiger partial charge in [-0.05, 0) is 30.2 Å². The Balaban J connectivity index is 2.45. The van der Waals surface area contributed by atoms with Gasteiger partial charge in [0.15, 0.2) is 0 Å². The molecule has 3 nitrogen and oxygen atoms in total. The van der Waals surface area contributed by atoms with Gasteiger partial charge in [0, 0.05) is 18.0 Å². The van der Waals surface area contributed by atoms with Crippen molar-refractivity contribution in [1.82, 2.24) is 9.97 Å². The summed E-state index contributed by atoms with van der Waals surface area (Å²) in [7, 11) is 0. The number of benzene rings is 1. The molecule has 0 aliphatic carbocycles. The first kappa shape index (κ1) is 12.3. The summed E-state index contributed by atoms with van der Waals surface area (Å²) in [4.78, 5) is 7.62. The van der Waals surface area contributed by atoms with Gasteiger partial charge in [-0.25, -0.2) is 9.97 Å². The predicted molar refractivity (Wildman–Crippen MR) is 61.6 cm³/mol. The van der Waals surface area contributed by atoms with E-state index in [1.807, 2.05) is 0 Å². The van der Waals surface area contributed by atoms with Crippen LogP contribution < -0.4 is 5.73 Å². The van der Waals surface area contributed by atoms with Gasteiger partial charge in [0.05, 0.1) is 5.56 Å². The number of halogens is 3. The smallest absolute Gasteiger partial charge is 0.368 e. The summed E-state index contributed by atoms with van der Waals surface area (Å²) in [5.74, 6) is 0.128. The third-order valence-electron chi connectivity index (χ3n) is 2.54. The highest BCUT2D eigenvalue weighted by atomic mass is 19.4. The van der Waals surface area contributed by atoms with Gasteiger partial charge < -0.3 is 5.73 Å². The second-order valence-corrected chi connectivity index (χ2v) is 3.86. The van der Waals surface area contributed by atoms with Crippen LogP contribution in [0.25, 0.3) is 11.1 Å². The number of aromatic nitrogens is 2. The van der Waals surface area contributed by atoms with Gasteiger partial charge in [0.2, 0.25) is 5.95 Å². The average molecular weight is 253 g/mol. The zero-order chi connectivity index (χ0) is 13.3. The van der Waals surface area contributed by atoms with E-state index in [2.05, 4.69) is 9.97 Å². The van der Waals surface area contributed by atoms with E-state index in [4.69, 9.17) is 5.73 Å².